The van der Waals surface area contributed by atoms with E-state index < -0.39 is 0 Å². The second-order valence-corrected chi connectivity index (χ2v) is 0. The van der Waals surface area contributed by atoms with Gasteiger partial charge in [0.05, 0.1) is 0 Å². The maximum absolute atomic E-state index is 0. The van der Waals surface area contributed by atoms with Crippen molar-refractivity contribution < 1.29 is 43.8 Å². The van der Waals surface area contributed by atoms with Crippen LogP contribution in [0.25, 0.3) is 0 Å². The van der Waals surface area contributed by atoms with E-state index in [-0.39, 0.29) is 66.9 Å². The van der Waals surface area contributed by atoms with E-state index in [1.165, 1.54) is 0 Å². The van der Waals surface area contributed by atoms with Crippen molar-refractivity contribution in [2.45, 2.75) is 0 Å². The van der Waals surface area contributed by atoms with E-state index in [0.717, 1.165) is 0 Å². The summed E-state index contributed by atoms with van der Waals surface area (Å²) >= 11 is 0. The molecule has 0 aromatic heterocycles. The Balaban J connectivity index is 0. The van der Waals surface area contributed by atoms with Crippen LogP contribution in [0, 0.1) is 0 Å². The first-order chi connectivity index (χ1) is 0. The second-order valence-electron chi connectivity index (χ2n) is 0. The molecular formula is LiMgOZn+3. The quantitative estimate of drug-likeness (QED) is 0.291. The van der Waals surface area contributed by atoms with Gasteiger partial charge in [-0.25, -0.2) is 0 Å². The molecule has 0 rings (SSSR count). The molecule has 0 atom stereocenters. The van der Waals surface area contributed by atoms with Crippen molar-refractivity contribution in [3.63, 3.8) is 0 Å². The van der Waals surface area contributed by atoms with Crippen LogP contribution in [-0.2, 0) is 25.0 Å². The van der Waals surface area contributed by atoms with Crippen LogP contribution in [0.5, 0.6) is 0 Å². The number of rotatable bonds is 0. The van der Waals surface area contributed by atoms with Crippen LogP contribution in [0.2, 0.25) is 0 Å². The Labute approximate surface area is 66.3 Å². The molecule has 8 valence electrons. The predicted octanol–water partition coefficient (Wildman–Crippen LogP) is -3.50. The standard InChI is InChI=1S/Li.Mg.O.Zn/q+1;+2;-2;+2. The molecule has 0 saturated heterocycles. The van der Waals surface area contributed by atoms with E-state index >= 15 is 0 Å². The number of hydrogen-bond acceptors (Lipinski definition) is 0. The Morgan fingerprint density at radius 2 is 1.00 bits per heavy atom. The van der Waals surface area contributed by atoms with Gasteiger partial charge in [0.15, 0.2) is 0 Å². The molecular weight excluding hydrogens is 113 g/mol. The maximum atomic E-state index is 0. The molecule has 0 aliphatic heterocycles. The second kappa shape index (κ2) is 20.3. The van der Waals surface area contributed by atoms with Gasteiger partial charge in [-0.1, -0.05) is 0 Å². The van der Waals surface area contributed by atoms with Crippen LogP contribution >= 0.6 is 0 Å². The third-order valence-electron chi connectivity index (χ3n) is 0. The van der Waals surface area contributed by atoms with E-state index in [1.54, 1.807) is 0 Å². The Kier molecular flexibility index (Phi) is 195. The molecule has 0 aliphatic rings. The molecule has 0 aromatic rings. The minimum absolute atomic E-state index is 0. The topological polar surface area (TPSA) is 28.5 Å². The SMILES string of the molecule is [Li+].[Mg+2].[O-2].[Zn+2]. The molecule has 4 heteroatoms. The van der Waals surface area contributed by atoms with Gasteiger partial charge in [-0.2, -0.15) is 0 Å². The summed E-state index contributed by atoms with van der Waals surface area (Å²) in [6.07, 6.45) is 0. The van der Waals surface area contributed by atoms with Gasteiger partial charge in [0.2, 0.25) is 0 Å². The van der Waals surface area contributed by atoms with Crippen LogP contribution in [0.15, 0.2) is 0 Å². The van der Waals surface area contributed by atoms with Gasteiger partial charge < -0.3 is 5.48 Å². The minimum atomic E-state index is 0. The van der Waals surface area contributed by atoms with Crippen molar-refractivity contribution in [2.24, 2.45) is 0 Å². The van der Waals surface area contributed by atoms with Crippen molar-refractivity contribution in [3.8, 4) is 0 Å². The summed E-state index contributed by atoms with van der Waals surface area (Å²) in [7, 11) is 0. The summed E-state index contributed by atoms with van der Waals surface area (Å²) in [6.45, 7) is 0. The van der Waals surface area contributed by atoms with Gasteiger partial charge in [0, 0.05) is 0 Å². The summed E-state index contributed by atoms with van der Waals surface area (Å²) in [5.41, 5.74) is 0. The normalized spacial score (nSPS) is 0. The Hall–Kier alpha value is 1.95. The van der Waals surface area contributed by atoms with Gasteiger partial charge in [-0.15, -0.1) is 0 Å². The first kappa shape index (κ1) is 38.4. The molecule has 0 N–H and O–H groups in total. The molecule has 4 heavy (non-hydrogen) atoms. The fourth-order valence-electron chi connectivity index (χ4n) is 0. The van der Waals surface area contributed by atoms with E-state index in [2.05, 4.69) is 0 Å². The van der Waals surface area contributed by atoms with Crippen LogP contribution in [-0.4, -0.2) is 23.1 Å². The fraction of sp³-hybridized carbons (Fsp3) is 0. The van der Waals surface area contributed by atoms with Gasteiger partial charge in [0.25, 0.3) is 0 Å². The largest absolute Gasteiger partial charge is 2.00 e. The monoisotopic (exact) mass is 111 g/mol. The average molecular weight is 113 g/mol. The van der Waals surface area contributed by atoms with Crippen LogP contribution in [0.4, 0.5) is 0 Å². The van der Waals surface area contributed by atoms with Crippen LogP contribution in [0.3, 0.4) is 0 Å². The molecule has 0 fully saturated rings. The maximum Gasteiger partial charge on any atom is 2.00 e. The fourth-order valence-corrected chi connectivity index (χ4v) is 0. The van der Waals surface area contributed by atoms with Crippen molar-refractivity contribution >= 4 is 23.1 Å². The molecule has 0 aromatic carbocycles. The zero-order valence-electron chi connectivity index (χ0n) is 2.82. The molecule has 0 amide bonds. The Morgan fingerprint density at radius 3 is 1.00 bits per heavy atom. The summed E-state index contributed by atoms with van der Waals surface area (Å²) in [5, 5.41) is 0. The van der Waals surface area contributed by atoms with Gasteiger partial charge in [0.1, 0.15) is 0 Å². The average Bonchev–Trinajstić information content (AvgIpc) is 0. The zero-order chi connectivity index (χ0) is 0. The molecule has 0 aliphatic carbocycles. The first-order valence-electron chi connectivity index (χ1n) is 0. The minimum Gasteiger partial charge on any atom is -2.00 e. The zero-order valence-corrected chi connectivity index (χ0v) is 7.20. The van der Waals surface area contributed by atoms with Crippen molar-refractivity contribution in [1.82, 2.24) is 0 Å². The van der Waals surface area contributed by atoms with Gasteiger partial charge in [-0.05, 0) is 0 Å². The van der Waals surface area contributed by atoms with E-state index in [9.17, 15) is 0 Å². The molecule has 0 heterocycles. The first-order valence-corrected chi connectivity index (χ1v) is 0. The smallest absolute Gasteiger partial charge is 2.00 e. The molecule has 0 spiro atoms. The molecule has 0 unspecified atom stereocenters. The van der Waals surface area contributed by atoms with E-state index in [0.29, 0.717) is 0 Å². The summed E-state index contributed by atoms with van der Waals surface area (Å²) in [6, 6.07) is 0. The van der Waals surface area contributed by atoms with Crippen molar-refractivity contribution in [2.75, 3.05) is 0 Å². The van der Waals surface area contributed by atoms with Gasteiger partial charge in [-0.3, -0.25) is 0 Å². The predicted molar refractivity (Wildman–Crippen MR) is 6.44 cm³/mol. The van der Waals surface area contributed by atoms with Crippen molar-refractivity contribution in [3.05, 3.63) is 0 Å². The molecule has 1 nitrogen and oxygen atoms in total. The summed E-state index contributed by atoms with van der Waals surface area (Å²) in [5.74, 6) is 0. The third kappa shape index (κ3) is 9.04. The molecule has 0 saturated carbocycles. The van der Waals surface area contributed by atoms with Crippen LogP contribution in [0.1, 0.15) is 0 Å². The third-order valence-corrected chi connectivity index (χ3v) is 0. The Morgan fingerprint density at radius 1 is 1.00 bits per heavy atom. The summed E-state index contributed by atoms with van der Waals surface area (Å²) in [4.78, 5) is 0. The number of hydrogen-bond donors (Lipinski definition) is 0. The summed E-state index contributed by atoms with van der Waals surface area (Å²) < 4.78 is 0. The van der Waals surface area contributed by atoms with E-state index in [4.69, 9.17) is 0 Å². The Bertz CT molecular complexity index is 8.00. The molecule has 0 bridgehead atoms. The molecule has 0 radical (unpaired) electrons. The van der Waals surface area contributed by atoms with Gasteiger partial charge >= 0.3 is 61.4 Å². The van der Waals surface area contributed by atoms with Crippen LogP contribution < -0.4 is 18.9 Å². The van der Waals surface area contributed by atoms with E-state index in [1.807, 2.05) is 0 Å². The van der Waals surface area contributed by atoms with Crippen molar-refractivity contribution in [1.29, 1.82) is 0 Å².